The molecule has 5 rings (SSSR count). The van der Waals surface area contributed by atoms with E-state index in [0.29, 0.717) is 39.0 Å². The number of hydrogen-bond acceptors (Lipinski definition) is 9. The van der Waals surface area contributed by atoms with E-state index in [-0.39, 0.29) is 17.8 Å². The molecule has 0 saturated carbocycles. The maximum Gasteiger partial charge on any atom is 0.247 e. The molecule has 2 aromatic heterocycles. The monoisotopic (exact) mass is 618 g/mol. The molecule has 0 fully saturated rings. The first-order valence-corrected chi connectivity index (χ1v) is 16.7. The van der Waals surface area contributed by atoms with Gasteiger partial charge in [0.25, 0.3) is 0 Å². The summed E-state index contributed by atoms with van der Waals surface area (Å²) in [5, 5.41) is 0.135. The zero-order valence-electron chi connectivity index (χ0n) is 24.0. The summed E-state index contributed by atoms with van der Waals surface area (Å²) in [6.45, 7) is 3.34. The first kappa shape index (κ1) is 30.1. The van der Waals surface area contributed by atoms with Crippen LogP contribution in [0.15, 0.2) is 96.4 Å². The number of anilines is 1. The van der Waals surface area contributed by atoms with Gasteiger partial charge in [-0.3, -0.25) is 0 Å². The molecular formula is C31H30N4O6S2. The van der Waals surface area contributed by atoms with Crippen molar-refractivity contribution < 1.29 is 26.3 Å². The smallest absolute Gasteiger partial charge is 0.247 e. The second-order valence-corrected chi connectivity index (χ2v) is 14.0. The molecule has 12 heteroatoms. The molecule has 0 aliphatic carbocycles. The Labute approximate surface area is 251 Å². The number of methoxy groups -OCH3 is 1. The van der Waals surface area contributed by atoms with E-state index in [1.807, 2.05) is 43.3 Å². The number of ether oxygens (including phenoxy) is 2. The fraction of sp³-hybridized carbons (Fsp3) is 0.194. The Kier molecular flexibility index (Phi) is 8.45. The van der Waals surface area contributed by atoms with Crippen LogP contribution >= 0.6 is 0 Å². The Balaban J connectivity index is 1.61. The van der Waals surface area contributed by atoms with E-state index in [2.05, 4.69) is 15.0 Å². The number of sulfonamides is 1. The van der Waals surface area contributed by atoms with Gasteiger partial charge in [0.05, 0.1) is 16.9 Å². The van der Waals surface area contributed by atoms with Crippen molar-refractivity contribution in [3.63, 3.8) is 0 Å². The summed E-state index contributed by atoms with van der Waals surface area (Å²) < 4.78 is 65.1. The number of aromatic nitrogens is 3. The molecule has 1 atom stereocenters. The van der Waals surface area contributed by atoms with Crippen molar-refractivity contribution in [3.8, 4) is 22.9 Å². The third kappa shape index (κ3) is 6.07. The highest BCUT2D eigenvalue weighted by atomic mass is 32.2. The van der Waals surface area contributed by atoms with Gasteiger partial charge in [0, 0.05) is 36.5 Å². The number of sulfone groups is 1. The summed E-state index contributed by atoms with van der Waals surface area (Å²) in [6.07, 6.45) is 3.96. The minimum absolute atomic E-state index is 0.191. The molecule has 0 saturated heterocycles. The van der Waals surface area contributed by atoms with E-state index in [1.54, 1.807) is 55.6 Å². The van der Waals surface area contributed by atoms with Gasteiger partial charge in [-0.25, -0.2) is 36.1 Å². The fourth-order valence-corrected chi connectivity index (χ4v) is 6.78. The normalized spacial score (nSPS) is 12.7. The Morgan fingerprint density at radius 1 is 0.837 bits per heavy atom. The van der Waals surface area contributed by atoms with Crippen LogP contribution in [-0.2, 0) is 24.6 Å². The number of benzene rings is 3. The summed E-state index contributed by atoms with van der Waals surface area (Å²) in [5.41, 5.74) is 2.66. The lowest BCUT2D eigenvalue weighted by molar-refractivity contribution is 0.209. The molecule has 3 aromatic carbocycles. The lowest BCUT2D eigenvalue weighted by Gasteiger charge is -2.28. The second-order valence-electron chi connectivity index (χ2n) is 9.90. The summed E-state index contributed by atoms with van der Waals surface area (Å²) >= 11 is 0. The molecule has 0 aliphatic rings. The van der Waals surface area contributed by atoms with Gasteiger partial charge in [-0.05, 0) is 49.2 Å². The molecule has 1 unspecified atom stereocenters. The van der Waals surface area contributed by atoms with Gasteiger partial charge in [0.1, 0.15) is 17.7 Å². The number of hydrogen-bond donors (Lipinski definition) is 0. The highest BCUT2D eigenvalue weighted by Gasteiger charge is 2.31. The molecule has 10 nitrogen and oxygen atoms in total. The molecular weight excluding hydrogens is 588 g/mol. The van der Waals surface area contributed by atoms with Crippen LogP contribution in [0, 0.1) is 6.92 Å². The predicted octanol–water partition coefficient (Wildman–Crippen LogP) is 5.70. The number of fused-ring (bicyclic) bond motifs is 1. The van der Waals surface area contributed by atoms with Gasteiger partial charge >= 0.3 is 0 Å². The Morgan fingerprint density at radius 2 is 1.60 bits per heavy atom. The number of pyridine rings is 1. The minimum atomic E-state index is -3.91. The maximum absolute atomic E-state index is 14.0. The van der Waals surface area contributed by atoms with Crippen molar-refractivity contribution in [1.82, 2.24) is 15.0 Å². The number of aryl methyl sites for hydroxylation is 1. The summed E-state index contributed by atoms with van der Waals surface area (Å²) in [4.78, 5) is 12.5. The third-order valence-electron chi connectivity index (χ3n) is 6.93. The summed E-state index contributed by atoms with van der Waals surface area (Å²) in [5.74, 6) is 0.656. The lowest BCUT2D eigenvalue weighted by atomic mass is 10.0. The van der Waals surface area contributed by atoms with Gasteiger partial charge in [-0.1, -0.05) is 54.6 Å². The molecule has 0 spiro atoms. The maximum atomic E-state index is 14.0. The highest BCUT2D eigenvalue weighted by Crippen LogP contribution is 2.41. The van der Waals surface area contributed by atoms with Crippen molar-refractivity contribution in [2.45, 2.75) is 24.3 Å². The van der Waals surface area contributed by atoms with Crippen LogP contribution in [0.4, 0.5) is 5.69 Å². The number of nitrogens with zero attached hydrogens (tertiary/aromatic N) is 4. The zero-order valence-corrected chi connectivity index (χ0v) is 25.6. The van der Waals surface area contributed by atoms with E-state index in [4.69, 9.17) is 9.47 Å². The standard InChI is InChI=1S/C31H30N4O6S2/c1-21-15-16-24-25(12-8-14-28(24)35(20-40-3)43(38,39)22(2)23-10-6-5-7-11-23)29(21)41-30-26(13-9-18-32-30)27-17-19-33-31(34-27)42(4,36)37/h5-19,22H,20H2,1-4H3. The fourth-order valence-electron chi connectivity index (χ4n) is 4.69. The van der Waals surface area contributed by atoms with Gasteiger partial charge in [-0.15, -0.1) is 0 Å². The molecule has 5 aromatic rings. The van der Waals surface area contributed by atoms with E-state index >= 15 is 0 Å². The molecule has 2 heterocycles. The molecule has 0 bridgehead atoms. The van der Waals surface area contributed by atoms with E-state index in [1.165, 1.54) is 17.6 Å². The first-order chi connectivity index (χ1) is 20.5. The molecule has 0 aliphatic heterocycles. The average Bonchev–Trinajstić information content (AvgIpc) is 3.01. The van der Waals surface area contributed by atoms with Crippen molar-refractivity contribution in [1.29, 1.82) is 0 Å². The Morgan fingerprint density at radius 3 is 2.33 bits per heavy atom. The highest BCUT2D eigenvalue weighted by molar-refractivity contribution is 7.93. The van der Waals surface area contributed by atoms with E-state index in [9.17, 15) is 16.8 Å². The topological polar surface area (TPSA) is 129 Å². The second kappa shape index (κ2) is 12.1. The molecule has 43 heavy (non-hydrogen) atoms. The van der Waals surface area contributed by atoms with Gasteiger partial charge < -0.3 is 9.47 Å². The minimum Gasteiger partial charge on any atom is -0.437 e. The zero-order chi connectivity index (χ0) is 30.8. The van der Waals surface area contributed by atoms with Crippen molar-refractivity contribution in [3.05, 3.63) is 102 Å². The van der Waals surface area contributed by atoms with Crippen molar-refractivity contribution in [2.24, 2.45) is 0 Å². The van der Waals surface area contributed by atoms with Crippen LogP contribution in [0.5, 0.6) is 11.6 Å². The first-order valence-electron chi connectivity index (χ1n) is 13.3. The van der Waals surface area contributed by atoms with Gasteiger partial charge in [0.15, 0.2) is 0 Å². The average molecular weight is 619 g/mol. The summed E-state index contributed by atoms with van der Waals surface area (Å²) in [6, 6.07) is 23.0. The van der Waals surface area contributed by atoms with Crippen LogP contribution in [-0.4, -0.2) is 51.9 Å². The van der Waals surface area contributed by atoms with Gasteiger partial charge in [-0.2, -0.15) is 0 Å². The molecule has 0 radical (unpaired) electrons. The van der Waals surface area contributed by atoms with Crippen LogP contribution in [0.3, 0.4) is 0 Å². The Hall–Kier alpha value is -4.39. The predicted molar refractivity (Wildman–Crippen MR) is 165 cm³/mol. The van der Waals surface area contributed by atoms with Crippen LogP contribution in [0.1, 0.15) is 23.3 Å². The van der Waals surface area contributed by atoms with Crippen LogP contribution in [0.2, 0.25) is 0 Å². The lowest BCUT2D eigenvalue weighted by Crippen LogP contribution is -2.35. The largest absolute Gasteiger partial charge is 0.437 e. The Bertz CT molecular complexity index is 2000. The molecule has 222 valence electrons. The third-order valence-corrected chi connectivity index (χ3v) is 9.88. The van der Waals surface area contributed by atoms with E-state index < -0.39 is 25.1 Å². The SMILES string of the molecule is COCN(c1cccc2c(Oc3ncccc3-c3ccnc(S(C)(=O)=O)n3)c(C)ccc12)S(=O)(=O)C(C)c1ccccc1. The van der Waals surface area contributed by atoms with Crippen molar-refractivity contribution >= 4 is 36.3 Å². The molecule has 0 N–H and O–H groups in total. The summed E-state index contributed by atoms with van der Waals surface area (Å²) in [7, 11) is -6.10. The van der Waals surface area contributed by atoms with Crippen LogP contribution in [0.25, 0.3) is 22.0 Å². The van der Waals surface area contributed by atoms with E-state index in [0.717, 1.165) is 11.8 Å². The van der Waals surface area contributed by atoms with Crippen LogP contribution < -0.4 is 9.04 Å². The quantitative estimate of drug-likeness (QED) is 0.143. The molecule has 0 amide bonds. The number of rotatable bonds is 10. The van der Waals surface area contributed by atoms with Gasteiger partial charge in [0.2, 0.25) is 30.9 Å². The van der Waals surface area contributed by atoms with Crippen molar-refractivity contribution in [2.75, 3.05) is 24.4 Å².